The number of hydrogen-bond donors (Lipinski definition) is 3. The van der Waals surface area contributed by atoms with E-state index in [0.717, 1.165) is 17.9 Å². The zero-order chi connectivity index (χ0) is 17.1. The molecular weight excluding hydrogens is 292 g/mol. The molecule has 0 radical (unpaired) electrons. The van der Waals surface area contributed by atoms with Gasteiger partial charge in [0.05, 0.1) is 13.7 Å². The molecule has 0 aliphatic heterocycles. The second kappa shape index (κ2) is 10.5. The monoisotopic (exact) mass is 320 g/mol. The molecule has 0 aliphatic carbocycles. The number of amides is 1. The van der Waals surface area contributed by atoms with Crippen molar-refractivity contribution in [3.05, 3.63) is 29.8 Å². The average Bonchev–Trinajstić information content (AvgIpc) is 2.52. The lowest BCUT2D eigenvalue weighted by Crippen LogP contribution is -2.40. The second-order valence-corrected chi connectivity index (χ2v) is 5.44. The van der Waals surface area contributed by atoms with Gasteiger partial charge in [-0.15, -0.1) is 0 Å². The largest absolute Gasteiger partial charge is 0.497 e. The van der Waals surface area contributed by atoms with Crippen LogP contribution in [0.1, 0.15) is 32.8 Å². The number of ether oxygens (including phenoxy) is 1. The fourth-order valence-corrected chi connectivity index (χ4v) is 1.93. The average molecular weight is 320 g/mol. The summed E-state index contributed by atoms with van der Waals surface area (Å²) in [5.41, 5.74) is 1.10. The molecule has 6 heteroatoms. The molecule has 0 aliphatic rings. The van der Waals surface area contributed by atoms with Crippen molar-refractivity contribution in [2.24, 2.45) is 4.99 Å². The molecule has 0 aromatic heterocycles. The van der Waals surface area contributed by atoms with E-state index in [1.165, 1.54) is 0 Å². The van der Waals surface area contributed by atoms with Gasteiger partial charge < -0.3 is 20.7 Å². The Hall–Kier alpha value is -2.24. The molecule has 1 aromatic rings. The number of carbonyl (C=O) groups excluding carboxylic acids is 1. The lowest BCUT2D eigenvalue weighted by Gasteiger charge is -2.12. The summed E-state index contributed by atoms with van der Waals surface area (Å²) in [5, 5.41) is 9.21. The molecule has 3 N–H and O–H groups in total. The van der Waals surface area contributed by atoms with Gasteiger partial charge in [-0.25, -0.2) is 4.99 Å². The Balaban J connectivity index is 2.47. The number of nitrogens with one attached hydrogen (secondary N) is 3. The first-order chi connectivity index (χ1) is 11.0. The fraction of sp³-hybridized carbons (Fsp3) is 0.529. The molecule has 1 rings (SSSR count). The standard InChI is InChI=1S/C17H28N4O2/c1-5-18-17(19-11-10-16(22)21-13(2)3)20-12-14-6-8-15(23-4)9-7-14/h6-9,13H,5,10-12H2,1-4H3,(H,21,22)(H2,18,19,20). The topological polar surface area (TPSA) is 74.8 Å². The van der Waals surface area contributed by atoms with Crippen molar-refractivity contribution in [3.63, 3.8) is 0 Å². The highest BCUT2D eigenvalue weighted by atomic mass is 16.5. The minimum absolute atomic E-state index is 0.0403. The maximum atomic E-state index is 11.6. The molecule has 0 bridgehead atoms. The van der Waals surface area contributed by atoms with E-state index < -0.39 is 0 Å². The van der Waals surface area contributed by atoms with E-state index >= 15 is 0 Å². The van der Waals surface area contributed by atoms with Gasteiger partial charge in [0.1, 0.15) is 5.75 Å². The third-order valence-corrected chi connectivity index (χ3v) is 3.02. The smallest absolute Gasteiger partial charge is 0.221 e. The van der Waals surface area contributed by atoms with Gasteiger partial charge in [-0.05, 0) is 38.5 Å². The van der Waals surface area contributed by atoms with Gasteiger partial charge in [0, 0.05) is 25.6 Å². The number of hydrogen-bond acceptors (Lipinski definition) is 3. The highest BCUT2D eigenvalue weighted by Gasteiger charge is 2.04. The first-order valence-electron chi connectivity index (χ1n) is 7.99. The van der Waals surface area contributed by atoms with Crippen molar-refractivity contribution in [2.45, 2.75) is 39.8 Å². The van der Waals surface area contributed by atoms with Crippen LogP contribution in [0.4, 0.5) is 0 Å². The number of guanidine groups is 1. The molecule has 1 aromatic carbocycles. The predicted octanol–water partition coefficient (Wildman–Crippen LogP) is 1.66. The Bertz CT molecular complexity index is 498. The maximum Gasteiger partial charge on any atom is 0.221 e. The minimum atomic E-state index is 0.0403. The third-order valence-electron chi connectivity index (χ3n) is 3.02. The molecule has 0 heterocycles. The third kappa shape index (κ3) is 8.09. The molecule has 6 nitrogen and oxygen atoms in total. The van der Waals surface area contributed by atoms with Crippen LogP contribution in [0.25, 0.3) is 0 Å². The van der Waals surface area contributed by atoms with Gasteiger partial charge in [-0.3, -0.25) is 4.79 Å². The lowest BCUT2D eigenvalue weighted by atomic mass is 10.2. The summed E-state index contributed by atoms with van der Waals surface area (Å²) < 4.78 is 5.14. The number of aliphatic imine (C=N–C) groups is 1. The fourth-order valence-electron chi connectivity index (χ4n) is 1.93. The number of benzene rings is 1. The molecule has 0 saturated heterocycles. The van der Waals surface area contributed by atoms with Crippen LogP contribution in [0.15, 0.2) is 29.3 Å². The van der Waals surface area contributed by atoms with E-state index in [4.69, 9.17) is 4.74 Å². The normalized spacial score (nSPS) is 11.3. The Labute approximate surface area is 138 Å². The van der Waals surface area contributed by atoms with Crippen molar-refractivity contribution < 1.29 is 9.53 Å². The van der Waals surface area contributed by atoms with Crippen LogP contribution in [0, 0.1) is 0 Å². The molecule has 1 amide bonds. The van der Waals surface area contributed by atoms with Crippen molar-refractivity contribution in [1.82, 2.24) is 16.0 Å². The zero-order valence-corrected chi connectivity index (χ0v) is 14.5. The van der Waals surface area contributed by atoms with E-state index in [1.807, 2.05) is 45.0 Å². The van der Waals surface area contributed by atoms with Crippen LogP contribution >= 0.6 is 0 Å². The highest BCUT2D eigenvalue weighted by molar-refractivity contribution is 5.81. The van der Waals surface area contributed by atoms with Crippen LogP contribution in [-0.2, 0) is 11.3 Å². The van der Waals surface area contributed by atoms with E-state index in [1.54, 1.807) is 7.11 Å². The summed E-state index contributed by atoms with van der Waals surface area (Å²) in [5.74, 6) is 1.58. The van der Waals surface area contributed by atoms with Gasteiger partial charge in [-0.1, -0.05) is 12.1 Å². The highest BCUT2D eigenvalue weighted by Crippen LogP contribution is 2.11. The molecule has 0 fully saturated rings. The number of rotatable bonds is 8. The van der Waals surface area contributed by atoms with E-state index in [0.29, 0.717) is 25.5 Å². The molecule has 0 saturated carbocycles. The molecule has 128 valence electrons. The van der Waals surface area contributed by atoms with E-state index in [-0.39, 0.29) is 11.9 Å². The molecular formula is C17H28N4O2. The number of carbonyl (C=O) groups is 1. The Kier molecular flexibility index (Phi) is 8.57. The summed E-state index contributed by atoms with van der Waals surface area (Å²) in [6.45, 7) is 7.80. The SMILES string of the molecule is CCNC(=NCc1ccc(OC)cc1)NCCC(=O)NC(C)C. The summed E-state index contributed by atoms with van der Waals surface area (Å²) in [6, 6.07) is 7.98. The van der Waals surface area contributed by atoms with Crippen molar-refractivity contribution in [2.75, 3.05) is 20.2 Å². The number of methoxy groups -OCH3 is 1. The van der Waals surface area contributed by atoms with Gasteiger partial charge >= 0.3 is 0 Å². The van der Waals surface area contributed by atoms with Crippen LogP contribution in [0.2, 0.25) is 0 Å². The second-order valence-electron chi connectivity index (χ2n) is 5.44. The summed E-state index contributed by atoms with van der Waals surface area (Å²) in [4.78, 5) is 16.1. The van der Waals surface area contributed by atoms with Gasteiger partial charge in [0.25, 0.3) is 0 Å². The van der Waals surface area contributed by atoms with E-state index in [2.05, 4.69) is 20.9 Å². The quantitative estimate of drug-likeness (QED) is 0.503. The Morgan fingerprint density at radius 2 is 1.91 bits per heavy atom. The summed E-state index contributed by atoms with van der Waals surface area (Å²) in [6.07, 6.45) is 0.422. The first kappa shape index (κ1) is 18.8. The van der Waals surface area contributed by atoms with Crippen molar-refractivity contribution in [3.8, 4) is 5.75 Å². The Morgan fingerprint density at radius 3 is 2.48 bits per heavy atom. The zero-order valence-electron chi connectivity index (χ0n) is 14.5. The lowest BCUT2D eigenvalue weighted by molar-refractivity contribution is -0.121. The van der Waals surface area contributed by atoms with E-state index in [9.17, 15) is 4.79 Å². The molecule has 0 unspecified atom stereocenters. The first-order valence-corrected chi connectivity index (χ1v) is 7.99. The minimum Gasteiger partial charge on any atom is -0.497 e. The maximum absolute atomic E-state index is 11.6. The van der Waals surface area contributed by atoms with Gasteiger partial charge in [-0.2, -0.15) is 0 Å². The van der Waals surface area contributed by atoms with Crippen molar-refractivity contribution in [1.29, 1.82) is 0 Å². The van der Waals surface area contributed by atoms with Crippen LogP contribution in [0.5, 0.6) is 5.75 Å². The van der Waals surface area contributed by atoms with Gasteiger partial charge in [0.2, 0.25) is 5.91 Å². The number of nitrogens with zero attached hydrogens (tertiary/aromatic N) is 1. The van der Waals surface area contributed by atoms with Gasteiger partial charge in [0.15, 0.2) is 5.96 Å². The molecule has 0 spiro atoms. The summed E-state index contributed by atoms with van der Waals surface area (Å²) in [7, 11) is 1.65. The van der Waals surface area contributed by atoms with Crippen molar-refractivity contribution >= 4 is 11.9 Å². The Morgan fingerprint density at radius 1 is 1.22 bits per heavy atom. The van der Waals surface area contributed by atoms with Crippen LogP contribution in [-0.4, -0.2) is 38.1 Å². The van der Waals surface area contributed by atoms with Crippen LogP contribution < -0.4 is 20.7 Å². The molecule has 0 atom stereocenters. The predicted molar refractivity (Wildman–Crippen MR) is 93.7 cm³/mol. The summed E-state index contributed by atoms with van der Waals surface area (Å²) >= 11 is 0. The van der Waals surface area contributed by atoms with Crippen LogP contribution in [0.3, 0.4) is 0 Å². The molecule has 23 heavy (non-hydrogen) atoms.